The number of hydrogen-bond donors (Lipinski definition) is 0. The molecule has 4 rings (SSSR count). The monoisotopic (exact) mass is 486 g/mol. The second-order valence-corrected chi connectivity index (χ2v) is 14.8. The third-order valence-corrected chi connectivity index (χ3v) is 11.5. The minimum Gasteiger partial charge on any atom is -0.462 e. The number of allylic oxidation sites excluding steroid dienone is 1. The molecule has 0 aromatic rings. The largest absolute Gasteiger partial charge is 0.462 e. The number of hydrogen-bond acceptors (Lipinski definition) is 2. The van der Waals surface area contributed by atoms with Crippen LogP contribution >= 0.6 is 0 Å². The average molecular weight is 487 g/mol. The van der Waals surface area contributed by atoms with Gasteiger partial charge in [-0.1, -0.05) is 66.5 Å². The van der Waals surface area contributed by atoms with Gasteiger partial charge in [-0.2, -0.15) is 0 Å². The van der Waals surface area contributed by atoms with Crippen LogP contribution in [0.25, 0.3) is 0 Å². The molecule has 0 aromatic heterocycles. The van der Waals surface area contributed by atoms with Crippen LogP contribution in [0, 0.1) is 51.8 Å². The zero-order chi connectivity index (χ0) is 24.9. The molecule has 0 aromatic carbocycles. The first-order valence-electron chi connectivity index (χ1n) is 14.8. The van der Waals surface area contributed by atoms with Crippen LogP contribution in [0.2, 0.25) is 0 Å². The van der Waals surface area contributed by atoms with Crippen molar-refractivity contribution < 1.29 is 9.53 Å². The van der Waals surface area contributed by atoms with Crippen LogP contribution in [0.5, 0.6) is 0 Å². The zero-order valence-electron chi connectivity index (χ0n) is 23.7. The van der Waals surface area contributed by atoms with Crippen LogP contribution in [0.15, 0.2) is 11.6 Å². The van der Waals surface area contributed by atoms with Crippen molar-refractivity contribution in [2.45, 2.75) is 140 Å². The first-order chi connectivity index (χ1) is 15.9. The standard InChI is InChI=1S/C32H54O2.CH4/c1-21(2)22(3)10-9-11-23-13-15-27-26-14-12-24-20-25(34-29(33)30(4,5)6)16-18-32(24,8)28(26)17-19-31(23,27)7;/h12,21-23,25-28H,9-11,13-20H2,1-8H3;1H4. The number of esters is 1. The Bertz CT molecular complexity index is 772. The molecule has 0 spiro atoms. The first-order valence-corrected chi connectivity index (χ1v) is 14.8. The van der Waals surface area contributed by atoms with Gasteiger partial charge in [-0.15, -0.1) is 0 Å². The highest BCUT2D eigenvalue weighted by Gasteiger charge is 2.58. The molecule has 3 fully saturated rings. The summed E-state index contributed by atoms with van der Waals surface area (Å²) in [7, 11) is 0. The van der Waals surface area contributed by atoms with E-state index in [1.54, 1.807) is 5.57 Å². The SMILES string of the molecule is C.CC(C)C(C)CCCC1CCC2C3CC=C4CC(OC(=O)C(C)(C)C)CCC4(C)C3CCC12C. The zero-order valence-corrected chi connectivity index (χ0v) is 23.7. The second kappa shape index (κ2) is 10.5. The first kappa shape index (κ1) is 28.8. The molecule has 202 valence electrons. The molecule has 2 heteroatoms. The van der Waals surface area contributed by atoms with Crippen LogP contribution in [-0.2, 0) is 9.53 Å². The van der Waals surface area contributed by atoms with Gasteiger partial charge >= 0.3 is 5.97 Å². The fourth-order valence-electron chi connectivity index (χ4n) is 8.66. The summed E-state index contributed by atoms with van der Waals surface area (Å²) in [6.07, 6.45) is 17.3. The van der Waals surface area contributed by atoms with Crippen LogP contribution in [-0.4, -0.2) is 12.1 Å². The number of carbonyl (C=O) groups excluding carboxylic acids is 1. The van der Waals surface area contributed by atoms with E-state index in [0.29, 0.717) is 10.8 Å². The molecular formula is C33H58O2. The fourth-order valence-corrected chi connectivity index (χ4v) is 8.66. The molecule has 0 saturated heterocycles. The van der Waals surface area contributed by atoms with E-state index in [1.807, 2.05) is 20.8 Å². The highest BCUT2D eigenvalue weighted by Crippen LogP contribution is 2.66. The molecular weight excluding hydrogens is 428 g/mol. The van der Waals surface area contributed by atoms with Gasteiger partial charge < -0.3 is 4.74 Å². The van der Waals surface area contributed by atoms with E-state index in [1.165, 1.54) is 57.8 Å². The highest BCUT2D eigenvalue weighted by atomic mass is 16.5. The predicted molar refractivity (Wildman–Crippen MR) is 149 cm³/mol. The molecule has 0 amide bonds. The number of ether oxygens (including phenoxy) is 1. The lowest BCUT2D eigenvalue weighted by atomic mass is 9.47. The quantitative estimate of drug-likeness (QED) is 0.276. The van der Waals surface area contributed by atoms with Crippen molar-refractivity contribution in [2.75, 3.05) is 0 Å². The maximum Gasteiger partial charge on any atom is 0.311 e. The lowest BCUT2D eigenvalue weighted by molar-refractivity contribution is -0.161. The summed E-state index contributed by atoms with van der Waals surface area (Å²) in [5, 5.41) is 0. The summed E-state index contributed by atoms with van der Waals surface area (Å²) in [6, 6.07) is 0. The molecule has 0 N–H and O–H groups in total. The van der Waals surface area contributed by atoms with E-state index in [-0.39, 0.29) is 19.5 Å². The minimum atomic E-state index is -0.410. The Morgan fingerprint density at radius 2 is 1.77 bits per heavy atom. The Morgan fingerprint density at radius 1 is 1.06 bits per heavy atom. The molecule has 0 bridgehead atoms. The van der Waals surface area contributed by atoms with Crippen molar-refractivity contribution in [3.8, 4) is 0 Å². The number of carbonyl (C=O) groups is 1. The maximum atomic E-state index is 12.5. The van der Waals surface area contributed by atoms with Crippen molar-refractivity contribution in [2.24, 2.45) is 51.8 Å². The van der Waals surface area contributed by atoms with Crippen molar-refractivity contribution in [3.63, 3.8) is 0 Å². The Kier molecular flexibility index (Phi) is 8.66. The summed E-state index contributed by atoms with van der Waals surface area (Å²) in [5.74, 6) is 5.22. The van der Waals surface area contributed by atoms with Gasteiger partial charge in [0.2, 0.25) is 0 Å². The Hall–Kier alpha value is -0.790. The molecule has 8 atom stereocenters. The molecule has 2 nitrogen and oxygen atoms in total. The van der Waals surface area contributed by atoms with Crippen molar-refractivity contribution in [1.29, 1.82) is 0 Å². The van der Waals surface area contributed by atoms with Gasteiger partial charge in [0.05, 0.1) is 5.41 Å². The number of rotatable bonds is 6. The molecule has 35 heavy (non-hydrogen) atoms. The lowest BCUT2D eigenvalue weighted by Gasteiger charge is -2.58. The van der Waals surface area contributed by atoms with Gasteiger partial charge in [-0.05, 0) is 118 Å². The normalized spacial score (nSPS) is 39.6. The molecule has 0 heterocycles. The van der Waals surface area contributed by atoms with Gasteiger partial charge in [0.15, 0.2) is 0 Å². The van der Waals surface area contributed by atoms with E-state index >= 15 is 0 Å². The second-order valence-electron chi connectivity index (χ2n) is 14.8. The molecule has 0 aliphatic heterocycles. The average Bonchev–Trinajstić information content (AvgIpc) is 3.09. The molecule has 8 unspecified atom stereocenters. The van der Waals surface area contributed by atoms with Gasteiger partial charge in [0.25, 0.3) is 0 Å². The Balaban J connectivity index is 0.00000342. The smallest absolute Gasteiger partial charge is 0.311 e. The van der Waals surface area contributed by atoms with Crippen molar-refractivity contribution in [3.05, 3.63) is 11.6 Å². The molecule has 3 saturated carbocycles. The van der Waals surface area contributed by atoms with Gasteiger partial charge in [-0.3, -0.25) is 4.79 Å². The van der Waals surface area contributed by atoms with Crippen LogP contribution < -0.4 is 0 Å². The fraction of sp³-hybridized carbons (Fsp3) is 0.909. The lowest BCUT2D eigenvalue weighted by Crippen LogP contribution is -2.50. The minimum absolute atomic E-state index is 0. The highest BCUT2D eigenvalue weighted by molar-refractivity contribution is 5.75. The molecule has 0 radical (unpaired) electrons. The molecule has 4 aliphatic rings. The van der Waals surface area contributed by atoms with Crippen molar-refractivity contribution >= 4 is 5.97 Å². The van der Waals surface area contributed by atoms with Crippen LogP contribution in [0.3, 0.4) is 0 Å². The topological polar surface area (TPSA) is 26.3 Å². The van der Waals surface area contributed by atoms with E-state index < -0.39 is 5.41 Å². The van der Waals surface area contributed by atoms with Crippen molar-refractivity contribution in [1.82, 2.24) is 0 Å². The van der Waals surface area contributed by atoms with Gasteiger partial charge in [0.1, 0.15) is 6.10 Å². The summed E-state index contributed by atoms with van der Waals surface area (Å²) >= 11 is 0. The van der Waals surface area contributed by atoms with Crippen LogP contribution in [0.4, 0.5) is 0 Å². The maximum absolute atomic E-state index is 12.5. The van der Waals surface area contributed by atoms with E-state index in [0.717, 1.165) is 48.3 Å². The van der Waals surface area contributed by atoms with E-state index in [4.69, 9.17) is 4.74 Å². The summed E-state index contributed by atoms with van der Waals surface area (Å²) in [5.41, 5.74) is 2.11. The Morgan fingerprint density at radius 3 is 2.43 bits per heavy atom. The third kappa shape index (κ3) is 5.43. The summed E-state index contributed by atoms with van der Waals surface area (Å²) in [6.45, 7) is 18.4. The summed E-state index contributed by atoms with van der Waals surface area (Å²) in [4.78, 5) is 12.5. The predicted octanol–water partition coefficient (Wildman–Crippen LogP) is 9.62. The van der Waals surface area contributed by atoms with E-state index in [2.05, 4.69) is 40.7 Å². The molecule has 4 aliphatic carbocycles. The van der Waals surface area contributed by atoms with Crippen LogP contribution in [0.1, 0.15) is 133 Å². The van der Waals surface area contributed by atoms with Gasteiger partial charge in [0, 0.05) is 6.42 Å². The van der Waals surface area contributed by atoms with Gasteiger partial charge in [-0.25, -0.2) is 0 Å². The van der Waals surface area contributed by atoms with E-state index in [9.17, 15) is 4.79 Å². The summed E-state index contributed by atoms with van der Waals surface area (Å²) < 4.78 is 5.97. The third-order valence-electron chi connectivity index (χ3n) is 11.5. The Labute approximate surface area is 218 Å². The number of fused-ring (bicyclic) bond motifs is 5.